The van der Waals surface area contributed by atoms with E-state index < -0.39 is 0 Å². The van der Waals surface area contributed by atoms with Crippen LogP contribution in [0.1, 0.15) is 29.7 Å². The van der Waals surface area contributed by atoms with Crippen LogP contribution in [0.5, 0.6) is 0 Å². The fraction of sp³-hybridized carbons (Fsp3) is 0.292. The number of carbonyl (C=O) groups is 2. The molecular weight excluding hydrogens is 397 g/mol. The first-order chi connectivity index (χ1) is 15.0. The van der Waals surface area contributed by atoms with Crippen molar-refractivity contribution in [3.05, 3.63) is 71.2 Å². The molecule has 0 spiro atoms. The minimum absolute atomic E-state index is 0.0107. The number of methoxy groups -OCH3 is 1. The molecule has 0 bridgehead atoms. The Hall–Kier alpha value is -3.48. The molecule has 0 radical (unpaired) electrons. The average Bonchev–Trinajstić information content (AvgIpc) is 3.01. The van der Waals surface area contributed by atoms with Gasteiger partial charge in [0.15, 0.2) is 0 Å². The second-order valence-electron chi connectivity index (χ2n) is 7.67. The number of hydrogen-bond acceptors (Lipinski definition) is 4. The van der Waals surface area contributed by atoms with Crippen molar-refractivity contribution in [1.82, 2.24) is 9.58 Å². The molecule has 1 aliphatic rings. The van der Waals surface area contributed by atoms with Gasteiger partial charge in [0.2, 0.25) is 5.91 Å². The first kappa shape index (κ1) is 20.8. The molecule has 0 saturated heterocycles. The van der Waals surface area contributed by atoms with E-state index >= 15 is 0 Å². The minimum Gasteiger partial charge on any atom is -0.468 e. The molecule has 160 valence electrons. The number of benzene rings is 2. The molecule has 1 amide bonds. The Kier molecular flexibility index (Phi) is 5.84. The van der Waals surface area contributed by atoms with Crippen LogP contribution in [0, 0.1) is 12.7 Å². The van der Waals surface area contributed by atoms with Crippen LogP contribution in [0.3, 0.4) is 0 Å². The van der Waals surface area contributed by atoms with E-state index in [1.807, 2.05) is 41.8 Å². The van der Waals surface area contributed by atoms with E-state index in [1.54, 1.807) is 6.07 Å². The zero-order chi connectivity index (χ0) is 22.0. The molecule has 0 saturated carbocycles. The predicted molar refractivity (Wildman–Crippen MR) is 116 cm³/mol. The second-order valence-corrected chi connectivity index (χ2v) is 7.67. The van der Waals surface area contributed by atoms with Crippen LogP contribution >= 0.6 is 0 Å². The largest absolute Gasteiger partial charge is 0.468 e. The van der Waals surface area contributed by atoms with Crippen molar-refractivity contribution in [1.29, 1.82) is 0 Å². The van der Waals surface area contributed by atoms with Crippen LogP contribution in [0.2, 0.25) is 0 Å². The van der Waals surface area contributed by atoms with Crippen molar-refractivity contribution in [2.24, 2.45) is 5.10 Å². The fourth-order valence-electron chi connectivity index (χ4n) is 4.01. The summed E-state index contributed by atoms with van der Waals surface area (Å²) in [6.07, 6.45) is 1.43. The van der Waals surface area contributed by atoms with Gasteiger partial charge in [0.1, 0.15) is 12.4 Å². The lowest BCUT2D eigenvalue weighted by Gasteiger charge is -2.24. The summed E-state index contributed by atoms with van der Waals surface area (Å²) in [6.45, 7) is 2.38. The Labute approximate surface area is 179 Å². The molecule has 0 fully saturated rings. The lowest BCUT2D eigenvalue weighted by Crippen LogP contribution is -2.31. The molecule has 1 aliphatic heterocycles. The Morgan fingerprint density at radius 2 is 1.94 bits per heavy atom. The molecule has 0 unspecified atom stereocenters. The van der Waals surface area contributed by atoms with E-state index in [4.69, 9.17) is 4.74 Å². The lowest BCUT2D eigenvalue weighted by atomic mass is 10.0. The van der Waals surface area contributed by atoms with Gasteiger partial charge in [-0.25, -0.2) is 9.40 Å². The highest BCUT2D eigenvalue weighted by Gasteiger charge is 2.23. The Morgan fingerprint density at radius 3 is 2.68 bits per heavy atom. The zero-order valence-corrected chi connectivity index (χ0v) is 17.6. The molecule has 0 atom stereocenters. The van der Waals surface area contributed by atoms with Gasteiger partial charge < -0.3 is 9.30 Å². The first-order valence-electron chi connectivity index (χ1n) is 10.2. The minimum atomic E-state index is -0.370. The smallest absolute Gasteiger partial charge is 0.325 e. The molecular formula is C24H24FN3O3. The summed E-state index contributed by atoms with van der Waals surface area (Å²) in [5.41, 5.74) is 4.41. The van der Waals surface area contributed by atoms with Crippen molar-refractivity contribution in [3.63, 3.8) is 0 Å². The molecule has 0 N–H and O–H groups in total. The molecule has 1 aromatic heterocycles. The van der Waals surface area contributed by atoms with Gasteiger partial charge in [-0.1, -0.05) is 30.3 Å². The quantitative estimate of drug-likeness (QED) is 0.566. The van der Waals surface area contributed by atoms with Crippen molar-refractivity contribution >= 4 is 28.5 Å². The number of nitrogens with zero attached hydrogens (tertiary/aromatic N) is 3. The van der Waals surface area contributed by atoms with Crippen molar-refractivity contribution in [2.45, 2.75) is 39.3 Å². The summed E-state index contributed by atoms with van der Waals surface area (Å²) in [4.78, 5) is 24.3. The van der Waals surface area contributed by atoms with Crippen LogP contribution in [0.4, 0.5) is 4.39 Å². The number of aromatic nitrogens is 1. The van der Waals surface area contributed by atoms with Crippen LogP contribution in [0.15, 0.2) is 53.6 Å². The molecule has 3 aromatic rings. The number of fused-ring (bicyclic) bond motifs is 1. The van der Waals surface area contributed by atoms with Gasteiger partial charge in [-0.15, -0.1) is 0 Å². The number of hydrazone groups is 1. The summed E-state index contributed by atoms with van der Waals surface area (Å²) >= 11 is 0. The van der Waals surface area contributed by atoms with Gasteiger partial charge in [0.25, 0.3) is 0 Å². The number of amides is 1. The highest BCUT2D eigenvalue weighted by Crippen LogP contribution is 2.29. The molecule has 7 heteroatoms. The Bertz CT molecular complexity index is 1170. The first-order valence-corrected chi connectivity index (χ1v) is 10.2. The summed E-state index contributed by atoms with van der Waals surface area (Å²) in [5, 5.41) is 6.87. The van der Waals surface area contributed by atoms with Gasteiger partial charge in [-0.05, 0) is 42.7 Å². The Morgan fingerprint density at radius 1 is 1.16 bits per heavy atom. The number of ether oxygens (including phenoxy) is 1. The monoisotopic (exact) mass is 421 g/mol. The SMILES string of the molecule is COC(=O)Cn1c(C)c(CC2=NN(Cc3ccccc3)C(=O)CC2)c2cc(F)ccc21. The molecule has 2 aromatic carbocycles. The van der Waals surface area contributed by atoms with E-state index in [-0.39, 0.29) is 24.2 Å². The Balaban J connectivity index is 1.68. The van der Waals surface area contributed by atoms with Gasteiger partial charge in [-0.2, -0.15) is 5.10 Å². The maximum absolute atomic E-state index is 14.0. The van der Waals surface area contributed by atoms with Crippen molar-refractivity contribution < 1.29 is 18.7 Å². The van der Waals surface area contributed by atoms with E-state index in [1.165, 1.54) is 24.3 Å². The maximum Gasteiger partial charge on any atom is 0.325 e. The summed E-state index contributed by atoms with van der Waals surface area (Å²) in [7, 11) is 1.35. The van der Waals surface area contributed by atoms with Gasteiger partial charge in [0, 0.05) is 35.2 Å². The van der Waals surface area contributed by atoms with E-state index in [0.717, 1.165) is 33.4 Å². The molecule has 2 heterocycles. The van der Waals surface area contributed by atoms with Crippen LogP contribution in [-0.2, 0) is 33.8 Å². The highest BCUT2D eigenvalue weighted by atomic mass is 19.1. The third kappa shape index (κ3) is 4.35. The highest BCUT2D eigenvalue weighted by molar-refractivity contribution is 5.97. The van der Waals surface area contributed by atoms with E-state index in [2.05, 4.69) is 5.10 Å². The standard InChI is InChI=1S/C24H24FN3O3/c1-16-20(21-12-18(25)8-10-22(21)27(16)15-24(30)31-2)13-19-9-11-23(29)28(26-19)14-17-6-4-3-5-7-17/h3-8,10,12H,9,11,13-15H2,1-2H3. The van der Waals surface area contributed by atoms with E-state index in [0.29, 0.717) is 25.8 Å². The van der Waals surface area contributed by atoms with Crippen LogP contribution < -0.4 is 0 Å². The lowest BCUT2D eigenvalue weighted by molar-refractivity contribution is -0.141. The number of carbonyl (C=O) groups excluding carboxylic acids is 2. The van der Waals surface area contributed by atoms with E-state index in [9.17, 15) is 14.0 Å². The zero-order valence-electron chi connectivity index (χ0n) is 17.6. The number of hydrogen-bond donors (Lipinski definition) is 0. The second kappa shape index (κ2) is 8.71. The van der Waals surface area contributed by atoms with Crippen molar-refractivity contribution in [3.8, 4) is 0 Å². The van der Waals surface area contributed by atoms with Gasteiger partial charge in [0.05, 0.1) is 13.7 Å². The third-order valence-corrected chi connectivity index (χ3v) is 5.66. The third-order valence-electron chi connectivity index (χ3n) is 5.66. The van der Waals surface area contributed by atoms with Gasteiger partial charge in [-0.3, -0.25) is 9.59 Å². The molecule has 4 rings (SSSR count). The number of halogens is 1. The van der Waals surface area contributed by atoms with Crippen LogP contribution in [0.25, 0.3) is 10.9 Å². The molecule has 31 heavy (non-hydrogen) atoms. The number of esters is 1. The molecule has 0 aliphatic carbocycles. The van der Waals surface area contributed by atoms with Crippen molar-refractivity contribution in [2.75, 3.05) is 7.11 Å². The summed E-state index contributed by atoms with van der Waals surface area (Å²) < 4.78 is 20.7. The normalized spacial score (nSPS) is 14.1. The molecule has 6 nitrogen and oxygen atoms in total. The topological polar surface area (TPSA) is 63.9 Å². The van der Waals surface area contributed by atoms with Gasteiger partial charge >= 0.3 is 5.97 Å². The fourth-order valence-corrected chi connectivity index (χ4v) is 4.01. The van der Waals surface area contributed by atoms with Crippen LogP contribution in [-0.4, -0.2) is 34.3 Å². The average molecular weight is 421 g/mol. The summed E-state index contributed by atoms with van der Waals surface area (Å²) in [5.74, 6) is -0.718. The predicted octanol–water partition coefficient (Wildman–Crippen LogP) is 3.98. The summed E-state index contributed by atoms with van der Waals surface area (Å²) in [6, 6.07) is 14.3. The maximum atomic E-state index is 14.0. The number of rotatable bonds is 6.